The molecule has 0 amide bonds. The summed E-state index contributed by atoms with van der Waals surface area (Å²) in [7, 11) is -4.17. The number of hydrogen-bond acceptors (Lipinski definition) is 3. The number of sulfonamides is 1. The number of hydrogen-bond donors (Lipinski definition) is 1. The number of nitriles is 1. The Kier molecular flexibility index (Phi) is 4.98. The first-order valence-corrected chi connectivity index (χ1v) is 8.03. The van der Waals surface area contributed by atoms with E-state index in [4.69, 9.17) is 16.9 Å². The maximum Gasteiger partial charge on any atom is 0.272 e. The number of benzene rings is 2. The van der Waals surface area contributed by atoms with Crippen molar-refractivity contribution in [2.75, 3.05) is 4.72 Å². The van der Waals surface area contributed by atoms with Crippen LogP contribution >= 0.6 is 11.6 Å². The van der Waals surface area contributed by atoms with Crippen LogP contribution in [0, 0.1) is 23.0 Å². The van der Waals surface area contributed by atoms with Crippen molar-refractivity contribution in [3.05, 3.63) is 69.6 Å². The van der Waals surface area contributed by atoms with Gasteiger partial charge in [0, 0.05) is 5.69 Å². The predicted molar refractivity (Wildman–Crippen MR) is 83.9 cm³/mol. The van der Waals surface area contributed by atoms with Crippen molar-refractivity contribution >= 4 is 33.4 Å². The van der Waals surface area contributed by atoms with E-state index in [1.807, 2.05) is 0 Å². The van der Waals surface area contributed by atoms with Crippen LogP contribution in [0.5, 0.6) is 0 Å². The van der Waals surface area contributed by atoms with Gasteiger partial charge in [0.05, 0.1) is 5.02 Å². The molecule has 23 heavy (non-hydrogen) atoms. The minimum Gasteiger partial charge on any atom is -0.279 e. The molecule has 0 saturated heterocycles. The van der Waals surface area contributed by atoms with Gasteiger partial charge in [0.1, 0.15) is 17.7 Å². The number of nitrogens with one attached hydrogen (secondary N) is 1. The lowest BCUT2D eigenvalue weighted by atomic mass is 10.2. The highest BCUT2D eigenvalue weighted by Gasteiger charge is 2.18. The average Bonchev–Trinajstić information content (AvgIpc) is 2.50. The first-order valence-electron chi connectivity index (χ1n) is 6.17. The van der Waals surface area contributed by atoms with Gasteiger partial charge in [-0.3, -0.25) is 4.72 Å². The molecule has 0 atom stereocenters. The molecule has 2 aromatic carbocycles. The number of rotatable bonds is 4. The van der Waals surface area contributed by atoms with E-state index in [0.29, 0.717) is 0 Å². The summed E-state index contributed by atoms with van der Waals surface area (Å²) in [5, 5.41) is 8.87. The van der Waals surface area contributed by atoms with Crippen LogP contribution in [-0.2, 0) is 10.0 Å². The van der Waals surface area contributed by atoms with Crippen molar-refractivity contribution in [2.45, 2.75) is 0 Å². The van der Waals surface area contributed by atoms with Gasteiger partial charge >= 0.3 is 0 Å². The smallest absolute Gasteiger partial charge is 0.272 e. The Labute approximate surface area is 136 Å². The molecule has 0 bridgehead atoms. The summed E-state index contributed by atoms with van der Waals surface area (Å²) in [6.07, 6.45) is 1.05. The monoisotopic (exact) mass is 354 g/mol. The van der Waals surface area contributed by atoms with Crippen LogP contribution in [0.3, 0.4) is 0 Å². The number of halogens is 3. The minimum atomic E-state index is -4.17. The Morgan fingerprint density at radius 1 is 1.17 bits per heavy atom. The van der Waals surface area contributed by atoms with Crippen LogP contribution in [0.1, 0.15) is 5.56 Å². The first kappa shape index (κ1) is 16.9. The summed E-state index contributed by atoms with van der Waals surface area (Å²) in [5.74, 6) is -1.18. The van der Waals surface area contributed by atoms with Crippen molar-refractivity contribution in [1.82, 2.24) is 0 Å². The lowest BCUT2D eigenvalue weighted by Crippen LogP contribution is -2.14. The number of allylic oxidation sites excluding steroid dienone is 1. The Morgan fingerprint density at radius 3 is 2.39 bits per heavy atom. The normalized spacial score (nSPS) is 11.8. The largest absolute Gasteiger partial charge is 0.279 e. The van der Waals surface area contributed by atoms with E-state index in [1.54, 1.807) is 6.07 Å². The van der Waals surface area contributed by atoms with Crippen molar-refractivity contribution in [1.29, 1.82) is 5.26 Å². The second-order valence-corrected chi connectivity index (χ2v) is 6.46. The molecule has 0 saturated carbocycles. The summed E-state index contributed by atoms with van der Waals surface area (Å²) < 4.78 is 52.4. The lowest BCUT2D eigenvalue weighted by Gasteiger charge is -2.07. The third-order valence-corrected chi connectivity index (χ3v) is 4.32. The second kappa shape index (κ2) is 6.77. The number of anilines is 1. The molecule has 0 aliphatic carbocycles. The third-order valence-electron chi connectivity index (χ3n) is 2.74. The molecule has 0 unspecified atom stereocenters. The zero-order chi connectivity index (χ0) is 17.0. The fourth-order valence-electron chi connectivity index (χ4n) is 1.65. The molecule has 2 aromatic rings. The number of nitrogens with zero attached hydrogens (tertiary/aromatic N) is 1. The Bertz CT molecular complexity index is 904. The van der Waals surface area contributed by atoms with Gasteiger partial charge in [0.2, 0.25) is 0 Å². The van der Waals surface area contributed by atoms with Gasteiger partial charge in [-0.05, 0) is 48.0 Å². The van der Waals surface area contributed by atoms with Gasteiger partial charge in [-0.2, -0.15) is 5.26 Å². The molecule has 118 valence electrons. The molecule has 0 spiro atoms. The Morgan fingerprint density at radius 2 is 1.83 bits per heavy atom. The zero-order valence-corrected chi connectivity index (χ0v) is 13.0. The summed E-state index contributed by atoms with van der Waals surface area (Å²) in [5.41, 5.74) is 0.349. The van der Waals surface area contributed by atoms with Crippen molar-refractivity contribution in [3.63, 3.8) is 0 Å². The average molecular weight is 355 g/mol. The van der Waals surface area contributed by atoms with Crippen LogP contribution in [0.4, 0.5) is 14.5 Å². The second-order valence-electron chi connectivity index (χ2n) is 4.41. The van der Waals surface area contributed by atoms with Gasteiger partial charge in [-0.25, -0.2) is 17.2 Å². The van der Waals surface area contributed by atoms with E-state index < -0.39 is 26.6 Å². The highest BCUT2D eigenvalue weighted by molar-refractivity contribution is 7.96. The zero-order valence-electron chi connectivity index (χ0n) is 11.4. The molecule has 0 aliphatic heterocycles. The molecule has 0 aliphatic rings. The van der Waals surface area contributed by atoms with E-state index in [-0.39, 0.29) is 16.3 Å². The molecule has 0 fully saturated rings. The Balaban J connectivity index is 2.34. The summed E-state index contributed by atoms with van der Waals surface area (Å²) >= 11 is 5.61. The maximum atomic E-state index is 13.1. The van der Waals surface area contributed by atoms with E-state index in [2.05, 4.69) is 4.72 Å². The van der Waals surface area contributed by atoms with Gasteiger partial charge in [0.25, 0.3) is 10.0 Å². The van der Waals surface area contributed by atoms with Crippen LogP contribution in [0.2, 0.25) is 5.02 Å². The molecule has 1 N–H and O–H groups in total. The Hall–Kier alpha value is -2.43. The predicted octanol–water partition coefficient (Wildman–Crippen LogP) is 3.92. The summed E-state index contributed by atoms with van der Waals surface area (Å²) in [6.45, 7) is 0. The fraction of sp³-hybridized carbons (Fsp3) is 0. The van der Waals surface area contributed by atoms with E-state index >= 15 is 0 Å². The van der Waals surface area contributed by atoms with Crippen molar-refractivity contribution in [3.8, 4) is 6.07 Å². The van der Waals surface area contributed by atoms with Gasteiger partial charge < -0.3 is 0 Å². The van der Waals surface area contributed by atoms with Crippen LogP contribution in [0.15, 0.2) is 47.4 Å². The van der Waals surface area contributed by atoms with Crippen LogP contribution in [-0.4, -0.2) is 8.42 Å². The molecular formula is C15H9ClF2N2O2S. The first-order chi connectivity index (χ1) is 10.8. The topological polar surface area (TPSA) is 70.0 Å². The van der Waals surface area contributed by atoms with Gasteiger partial charge in [-0.1, -0.05) is 17.7 Å². The molecule has 4 nitrogen and oxygen atoms in total. The molecule has 2 rings (SSSR count). The van der Waals surface area contributed by atoms with Crippen molar-refractivity contribution in [2.24, 2.45) is 0 Å². The van der Waals surface area contributed by atoms with E-state index in [1.165, 1.54) is 24.3 Å². The molecular weight excluding hydrogens is 346 g/mol. The third kappa shape index (κ3) is 4.28. The summed E-state index contributed by atoms with van der Waals surface area (Å²) in [4.78, 5) is -0.593. The minimum absolute atomic E-state index is 0.102. The molecule has 8 heteroatoms. The highest BCUT2D eigenvalue weighted by Crippen LogP contribution is 2.20. The van der Waals surface area contributed by atoms with Crippen LogP contribution in [0.25, 0.3) is 6.08 Å². The van der Waals surface area contributed by atoms with Crippen molar-refractivity contribution < 1.29 is 17.2 Å². The SMILES string of the molecule is N#CC(=Cc1ccc(F)c(Cl)c1)S(=O)(=O)Nc1ccc(F)cc1. The van der Waals surface area contributed by atoms with E-state index in [0.717, 1.165) is 24.3 Å². The standard InChI is InChI=1S/C15H9ClF2N2O2S/c16-14-8-10(1-6-15(14)18)7-13(9-19)23(21,22)20-12-4-2-11(17)3-5-12/h1-8,20H. The molecule has 0 heterocycles. The van der Waals surface area contributed by atoms with Gasteiger partial charge in [-0.15, -0.1) is 0 Å². The van der Waals surface area contributed by atoms with E-state index in [9.17, 15) is 17.2 Å². The fourth-order valence-corrected chi connectivity index (χ4v) is 2.81. The molecule has 0 aromatic heterocycles. The quantitative estimate of drug-likeness (QED) is 0.846. The maximum absolute atomic E-state index is 13.1. The van der Waals surface area contributed by atoms with Gasteiger partial charge in [0.15, 0.2) is 4.91 Å². The lowest BCUT2D eigenvalue weighted by molar-refractivity contribution is 0.608. The molecule has 0 radical (unpaired) electrons. The van der Waals surface area contributed by atoms with Crippen LogP contribution < -0.4 is 4.72 Å². The summed E-state index contributed by atoms with van der Waals surface area (Å²) in [6, 6.07) is 9.69. The highest BCUT2D eigenvalue weighted by atomic mass is 35.5.